The van der Waals surface area contributed by atoms with Crippen molar-refractivity contribution in [3.63, 3.8) is 0 Å². The van der Waals surface area contributed by atoms with Gasteiger partial charge >= 0.3 is 0 Å². The molecule has 24 heavy (non-hydrogen) atoms. The number of carbonyl (C=O) groups is 2. The van der Waals surface area contributed by atoms with Crippen molar-refractivity contribution in [3.05, 3.63) is 29.8 Å². The molecule has 1 heterocycles. The van der Waals surface area contributed by atoms with E-state index in [0.29, 0.717) is 32.1 Å². The van der Waals surface area contributed by atoms with E-state index in [1.807, 2.05) is 29.2 Å². The molecule has 1 saturated carbocycles. The molecule has 130 valence electrons. The molecule has 2 amide bonds. The number of nitrogens with one attached hydrogen (secondary N) is 1. The van der Waals surface area contributed by atoms with Crippen LogP contribution in [-0.4, -0.2) is 67.5 Å². The van der Waals surface area contributed by atoms with E-state index >= 15 is 0 Å². The number of nitrogens with zero attached hydrogens (tertiary/aromatic N) is 2. The average Bonchev–Trinajstić information content (AvgIpc) is 3.39. The van der Waals surface area contributed by atoms with Crippen LogP contribution in [0.4, 0.5) is 0 Å². The smallest absolute Gasteiger partial charge is 0.234 e. The minimum atomic E-state index is 0.105. The van der Waals surface area contributed by atoms with Crippen LogP contribution in [0.1, 0.15) is 18.4 Å². The van der Waals surface area contributed by atoms with E-state index in [9.17, 15) is 9.59 Å². The average molecular weight is 331 g/mol. The fourth-order valence-electron chi connectivity index (χ4n) is 2.93. The predicted molar refractivity (Wildman–Crippen MR) is 90.9 cm³/mol. The lowest BCUT2D eigenvalue weighted by Crippen LogP contribution is -2.51. The first-order valence-corrected chi connectivity index (χ1v) is 8.56. The van der Waals surface area contributed by atoms with Crippen LogP contribution in [0.3, 0.4) is 0 Å². The van der Waals surface area contributed by atoms with Crippen molar-refractivity contribution >= 4 is 11.8 Å². The summed E-state index contributed by atoms with van der Waals surface area (Å²) < 4.78 is 5.20. The monoisotopic (exact) mass is 331 g/mol. The summed E-state index contributed by atoms with van der Waals surface area (Å²) in [7, 11) is 1.62. The largest absolute Gasteiger partial charge is 0.497 e. The predicted octanol–water partition coefficient (Wildman–Crippen LogP) is 0.661. The molecular formula is C18H25N3O3. The highest BCUT2D eigenvalue weighted by Crippen LogP contribution is 2.18. The standard InChI is InChI=1S/C18H25N3O3/c1-24-16-4-2-3-14(11-16)12-18(23)21-9-7-20(8-10-21)13-17(22)19-15-5-6-15/h2-4,11,15H,5-10,12-13H2,1H3,(H,19,22). The van der Waals surface area contributed by atoms with Crippen molar-refractivity contribution in [1.82, 2.24) is 15.1 Å². The summed E-state index contributed by atoms with van der Waals surface area (Å²) >= 11 is 0. The van der Waals surface area contributed by atoms with Crippen molar-refractivity contribution in [2.45, 2.75) is 25.3 Å². The quantitative estimate of drug-likeness (QED) is 0.832. The molecule has 1 aliphatic carbocycles. The normalized spacial score (nSPS) is 18.3. The van der Waals surface area contributed by atoms with Crippen LogP contribution in [0.5, 0.6) is 5.75 Å². The van der Waals surface area contributed by atoms with E-state index in [1.54, 1.807) is 7.11 Å². The van der Waals surface area contributed by atoms with E-state index in [4.69, 9.17) is 4.74 Å². The van der Waals surface area contributed by atoms with Crippen molar-refractivity contribution < 1.29 is 14.3 Å². The van der Waals surface area contributed by atoms with Crippen LogP contribution in [0.15, 0.2) is 24.3 Å². The van der Waals surface area contributed by atoms with E-state index in [1.165, 1.54) is 0 Å². The van der Waals surface area contributed by atoms with Gasteiger partial charge in [-0.2, -0.15) is 0 Å². The fourth-order valence-corrected chi connectivity index (χ4v) is 2.93. The number of amides is 2. The third-order valence-electron chi connectivity index (χ3n) is 4.52. The Balaban J connectivity index is 1.43. The highest BCUT2D eigenvalue weighted by molar-refractivity contribution is 5.80. The molecule has 1 saturated heterocycles. The summed E-state index contributed by atoms with van der Waals surface area (Å²) in [4.78, 5) is 28.3. The minimum Gasteiger partial charge on any atom is -0.497 e. The molecule has 2 fully saturated rings. The molecule has 1 N–H and O–H groups in total. The number of piperazine rings is 1. The van der Waals surface area contributed by atoms with Crippen molar-refractivity contribution in [2.75, 3.05) is 39.8 Å². The van der Waals surface area contributed by atoms with Crippen LogP contribution in [0.25, 0.3) is 0 Å². The minimum absolute atomic E-state index is 0.105. The van der Waals surface area contributed by atoms with Gasteiger partial charge in [0, 0.05) is 32.2 Å². The first-order chi connectivity index (χ1) is 11.6. The Morgan fingerprint density at radius 2 is 1.96 bits per heavy atom. The number of rotatable bonds is 6. The fraction of sp³-hybridized carbons (Fsp3) is 0.556. The molecule has 6 nitrogen and oxygen atoms in total. The maximum Gasteiger partial charge on any atom is 0.234 e. The topological polar surface area (TPSA) is 61.9 Å². The second-order valence-corrected chi connectivity index (χ2v) is 6.53. The second-order valence-electron chi connectivity index (χ2n) is 6.53. The summed E-state index contributed by atoms with van der Waals surface area (Å²) in [5, 5.41) is 3.01. The molecule has 0 spiro atoms. The van der Waals surface area contributed by atoms with Crippen molar-refractivity contribution in [3.8, 4) is 5.75 Å². The van der Waals surface area contributed by atoms with Crippen molar-refractivity contribution in [2.24, 2.45) is 0 Å². The lowest BCUT2D eigenvalue weighted by Gasteiger charge is -2.34. The zero-order chi connectivity index (χ0) is 16.9. The number of hydrogen-bond acceptors (Lipinski definition) is 4. The molecule has 6 heteroatoms. The van der Waals surface area contributed by atoms with Gasteiger partial charge in [-0.25, -0.2) is 0 Å². The maximum absolute atomic E-state index is 12.4. The zero-order valence-electron chi connectivity index (χ0n) is 14.2. The van der Waals surface area contributed by atoms with Gasteiger partial charge in [0.05, 0.1) is 20.1 Å². The molecule has 0 radical (unpaired) electrons. The first-order valence-electron chi connectivity index (χ1n) is 8.56. The molecule has 3 rings (SSSR count). The molecule has 0 aromatic heterocycles. The molecule has 0 unspecified atom stereocenters. The lowest BCUT2D eigenvalue weighted by molar-refractivity contribution is -0.132. The molecule has 0 bridgehead atoms. The Morgan fingerprint density at radius 3 is 2.62 bits per heavy atom. The summed E-state index contributed by atoms with van der Waals surface area (Å²) in [6.07, 6.45) is 2.61. The number of carbonyl (C=O) groups excluding carboxylic acids is 2. The Morgan fingerprint density at radius 1 is 1.21 bits per heavy atom. The highest BCUT2D eigenvalue weighted by Gasteiger charge is 2.26. The van der Waals surface area contributed by atoms with Crippen LogP contribution >= 0.6 is 0 Å². The second kappa shape index (κ2) is 7.66. The summed E-state index contributed by atoms with van der Waals surface area (Å²) in [6, 6.07) is 8.02. The van der Waals surface area contributed by atoms with Crippen LogP contribution in [0, 0.1) is 0 Å². The SMILES string of the molecule is COc1cccc(CC(=O)N2CCN(CC(=O)NC3CC3)CC2)c1. The maximum atomic E-state index is 12.4. The molecule has 1 aliphatic heterocycles. The third-order valence-corrected chi connectivity index (χ3v) is 4.52. The van der Waals surface area contributed by atoms with E-state index < -0.39 is 0 Å². The Bertz CT molecular complexity index is 593. The van der Waals surface area contributed by atoms with Gasteiger partial charge in [0.25, 0.3) is 0 Å². The van der Waals surface area contributed by atoms with Crippen LogP contribution in [0.2, 0.25) is 0 Å². The third kappa shape index (κ3) is 4.71. The number of ether oxygens (including phenoxy) is 1. The number of benzene rings is 1. The summed E-state index contributed by atoms with van der Waals surface area (Å²) in [6.45, 7) is 3.30. The molecule has 2 aliphatic rings. The Labute approximate surface area is 142 Å². The molecule has 1 aromatic carbocycles. The van der Waals surface area contributed by atoms with E-state index in [0.717, 1.165) is 37.2 Å². The van der Waals surface area contributed by atoms with Gasteiger partial charge in [-0.3, -0.25) is 14.5 Å². The number of methoxy groups -OCH3 is 1. The molecular weight excluding hydrogens is 306 g/mol. The van der Waals surface area contributed by atoms with Crippen LogP contribution in [-0.2, 0) is 16.0 Å². The van der Waals surface area contributed by atoms with Gasteiger partial charge in [-0.1, -0.05) is 12.1 Å². The Hall–Kier alpha value is -2.08. The Kier molecular flexibility index (Phi) is 5.35. The molecule has 0 atom stereocenters. The van der Waals surface area contributed by atoms with Gasteiger partial charge in [0.1, 0.15) is 5.75 Å². The summed E-state index contributed by atoms with van der Waals surface area (Å²) in [5.41, 5.74) is 0.964. The van der Waals surface area contributed by atoms with Gasteiger partial charge < -0.3 is 15.0 Å². The van der Waals surface area contributed by atoms with Gasteiger partial charge in [0.15, 0.2) is 0 Å². The number of hydrogen-bond donors (Lipinski definition) is 1. The van der Waals surface area contributed by atoms with Gasteiger partial charge in [0.2, 0.25) is 11.8 Å². The summed E-state index contributed by atoms with van der Waals surface area (Å²) in [5.74, 6) is 1.01. The van der Waals surface area contributed by atoms with Crippen LogP contribution < -0.4 is 10.1 Å². The van der Waals surface area contributed by atoms with Crippen molar-refractivity contribution in [1.29, 1.82) is 0 Å². The lowest BCUT2D eigenvalue weighted by atomic mass is 10.1. The first kappa shape index (κ1) is 16.8. The van der Waals surface area contributed by atoms with E-state index in [-0.39, 0.29) is 11.8 Å². The van der Waals surface area contributed by atoms with Gasteiger partial charge in [-0.15, -0.1) is 0 Å². The molecule has 1 aromatic rings. The highest BCUT2D eigenvalue weighted by atomic mass is 16.5. The zero-order valence-corrected chi connectivity index (χ0v) is 14.2. The van der Waals surface area contributed by atoms with E-state index in [2.05, 4.69) is 10.2 Å². The van der Waals surface area contributed by atoms with Gasteiger partial charge in [-0.05, 0) is 30.5 Å².